The average molecular weight is 399 g/mol. The molecule has 8 heteroatoms. The van der Waals surface area contributed by atoms with E-state index in [4.69, 9.17) is 24.1 Å². The lowest BCUT2D eigenvalue weighted by molar-refractivity contribution is -0.131. The van der Waals surface area contributed by atoms with Crippen molar-refractivity contribution in [1.29, 1.82) is 0 Å². The number of amides is 1. The summed E-state index contributed by atoms with van der Waals surface area (Å²) in [5, 5.41) is 11.4. The Morgan fingerprint density at radius 3 is 2.76 bits per heavy atom. The first kappa shape index (κ1) is 20.1. The van der Waals surface area contributed by atoms with Gasteiger partial charge in [-0.1, -0.05) is 18.2 Å². The van der Waals surface area contributed by atoms with Gasteiger partial charge in [0.15, 0.2) is 29.6 Å². The summed E-state index contributed by atoms with van der Waals surface area (Å²) in [5.74, 6) is 0.747. The number of hydrogen-bond donors (Lipinski definition) is 2. The fourth-order valence-corrected chi connectivity index (χ4v) is 2.66. The Labute approximate surface area is 167 Å². The number of benzene rings is 2. The highest BCUT2D eigenvalue weighted by molar-refractivity contribution is 5.85. The molecule has 152 valence electrons. The number of carbonyl (C=O) groups excluding carboxylic acids is 1. The van der Waals surface area contributed by atoms with E-state index >= 15 is 0 Å². The van der Waals surface area contributed by atoms with Crippen LogP contribution in [0.5, 0.6) is 23.0 Å². The van der Waals surface area contributed by atoms with Crippen molar-refractivity contribution < 1.29 is 33.6 Å². The Bertz CT molecular complexity index is 910. The zero-order valence-electron chi connectivity index (χ0n) is 15.8. The van der Waals surface area contributed by atoms with Gasteiger partial charge in [-0.2, -0.15) is 0 Å². The van der Waals surface area contributed by atoms with Crippen molar-refractivity contribution in [3.05, 3.63) is 54.1 Å². The van der Waals surface area contributed by atoms with E-state index in [1.807, 2.05) is 24.3 Å². The maximum absolute atomic E-state index is 12.1. The van der Waals surface area contributed by atoms with Crippen molar-refractivity contribution in [3.63, 3.8) is 0 Å². The van der Waals surface area contributed by atoms with E-state index in [2.05, 4.69) is 5.32 Å². The Balaban J connectivity index is 1.48. The molecule has 0 spiro atoms. The second kappa shape index (κ2) is 9.50. The second-order valence-electron chi connectivity index (χ2n) is 6.17. The minimum absolute atomic E-state index is 0.204. The molecule has 1 aliphatic heterocycles. The summed E-state index contributed by atoms with van der Waals surface area (Å²) in [7, 11) is 1.46. The van der Waals surface area contributed by atoms with Crippen LogP contribution in [0.2, 0.25) is 0 Å². The number of rotatable bonds is 8. The average Bonchev–Trinajstić information content (AvgIpc) is 2.74. The fourth-order valence-electron chi connectivity index (χ4n) is 2.66. The maximum Gasteiger partial charge on any atom is 0.328 e. The van der Waals surface area contributed by atoms with Crippen LogP contribution in [0.4, 0.5) is 0 Å². The van der Waals surface area contributed by atoms with Crippen molar-refractivity contribution in [2.45, 2.75) is 6.10 Å². The van der Waals surface area contributed by atoms with Gasteiger partial charge in [0.25, 0.3) is 5.91 Å². The number of carboxylic acids is 1. The monoisotopic (exact) mass is 399 g/mol. The van der Waals surface area contributed by atoms with Crippen LogP contribution in [0.1, 0.15) is 5.56 Å². The molecular weight excluding hydrogens is 378 g/mol. The number of carboxylic acid groups (broad SMARTS) is 1. The standard InChI is InChI=1S/C21H21NO7/c1-26-19-10-14(7-9-21(24)25)6-8-17(19)28-13-20(23)22-11-15-12-27-16-4-2-3-5-18(16)29-15/h2-10,15H,11-13H2,1H3,(H,22,23)(H,24,25)/b9-7+/t15-/m0/s1. The first-order valence-electron chi connectivity index (χ1n) is 8.92. The molecule has 3 rings (SSSR count). The molecule has 1 heterocycles. The zero-order chi connectivity index (χ0) is 20.6. The highest BCUT2D eigenvalue weighted by Gasteiger charge is 2.21. The lowest BCUT2D eigenvalue weighted by Gasteiger charge is -2.26. The molecule has 1 atom stereocenters. The van der Waals surface area contributed by atoms with E-state index < -0.39 is 5.97 Å². The third kappa shape index (κ3) is 5.65. The molecule has 0 saturated heterocycles. The summed E-state index contributed by atoms with van der Waals surface area (Å²) < 4.78 is 22.1. The third-order valence-electron chi connectivity index (χ3n) is 4.06. The summed E-state index contributed by atoms with van der Waals surface area (Å²) in [5.41, 5.74) is 0.635. The molecule has 2 aromatic carbocycles. The molecule has 0 fully saturated rings. The van der Waals surface area contributed by atoms with Crippen LogP contribution in [0.25, 0.3) is 6.08 Å². The van der Waals surface area contributed by atoms with Gasteiger partial charge < -0.3 is 29.4 Å². The number of methoxy groups -OCH3 is 1. The van der Waals surface area contributed by atoms with Gasteiger partial charge in [0, 0.05) is 6.08 Å². The quantitative estimate of drug-likeness (QED) is 0.656. The summed E-state index contributed by atoms with van der Waals surface area (Å²) in [6.45, 7) is 0.425. The Morgan fingerprint density at radius 2 is 2.00 bits per heavy atom. The number of carbonyl (C=O) groups is 2. The number of hydrogen-bond acceptors (Lipinski definition) is 6. The number of nitrogens with one attached hydrogen (secondary N) is 1. The van der Waals surface area contributed by atoms with Crippen molar-refractivity contribution in [1.82, 2.24) is 5.32 Å². The van der Waals surface area contributed by atoms with Gasteiger partial charge in [0.05, 0.1) is 13.7 Å². The minimum Gasteiger partial charge on any atom is -0.493 e. The molecule has 0 unspecified atom stereocenters. The number of ether oxygens (including phenoxy) is 4. The molecule has 2 aromatic rings. The molecule has 1 amide bonds. The Kier molecular flexibility index (Phi) is 6.57. The molecule has 0 radical (unpaired) electrons. The van der Waals surface area contributed by atoms with Gasteiger partial charge in [-0.3, -0.25) is 4.79 Å². The third-order valence-corrected chi connectivity index (χ3v) is 4.06. The lowest BCUT2D eigenvalue weighted by Crippen LogP contribution is -2.42. The van der Waals surface area contributed by atoms with Crippen LogP contribution in [-0.4, -0.2) is 50.0 Å². The van der Waals surface area contributed by atoms with E-state index in [1.165, 1.54) is 13.2 Å². The van der Waals surface area contributed by atoms with Crippen LogP contribution in [0.3, 0.4) is 0 Å². The van der Waals surface area contributed by atoms with Crippen LogP contribution < -0.4 is 24.3 Å². The summed E-state index contributed by atoms with van der Waals surface area (Å²) in [4.78, 5) is 22.7. The van der Waals surface area contributed by atoms with Crippen LogP contribution in [-0.2, 0) is 9.59 Å². The predicted molar refractivity (Wildman–Crippen MR) is 105 cm³/mol. The van der Waals surface area contributed by atoms with E-state index in [-0.39, 0.29) is 25.2 Å². The van der Waals surface area contributed by atoms with Crippen molar-refractivity contribution >= 4 is 18.0 Å². The summed E-state index contributed by atoms with van der Waals surface area (Å²) in [6, 6.07) is 12.3. The van der Waals surface area contributed by atoms with Crippen molar-refractivity contribution in [2.24, 2.45) is 0 Å². The highest BCUT2D eigenvalue weighted by Crippen LogP contribution is 2.31. The largest absolute Gasteiger partial charge is 0.493 e. The maximum atomic E-state index is 12.1. The Morgan fingerprint density at radius 1 is 1.21 bits per heavy atom. The van der Waals surface area contributed by atoms with Gasteiger partial charge >= 0.3 is 5.97 Å². The molecule has 0 aliphatic carbocycles. The van der Waals surface area contributed by atoms with E-state index in [0.717, 1.165) is 6.08 Å². The molecule has 1 aliphatic rings. The molecule has 8 nitrogen and oxygen atoms in total. The van der Waals surface area contributed by atoms with Crippen LogP contribution in [0.15, 0.2) is 48.5 Å². The first-order chi connectivity index (χ1) is 14.0. The zero-order valence-corrected chi connectivity index (χ0v) is 15.8. The topological polar surface area (TPSA) is 103 Å². The Hall–Kier alpha value is -3.68. The predicted octanol–water partition coefficient (Wildman–Crippen LogP) is 2.13. The van der Waals surface area contributed by atoms with Crippen LogP contribution >= 0.6 is 0 Å². The first-order valence-corrected chi connectivity index (χ1v) is 8.92. The van der Waals surface area contributed by atoms with Gasteiger partial charge in [-0.25, -0.2) is 4.79 Å². The van der Waals surface area contributed by atoms with Gasteiger partial charge in [0.2, 0.25) is 0 Å². The van der Waals surface area contributed by atoms with E-state index in [0.29, 0.717) is 35.2 Å². The van der Waals surface area contributed by atoms with E-state index in [1.54, 1.807) is 18.2 Å². The molecule has 0 aromatic heterocycles. The van der Waals surface area contributed by atoms with Crippen LogP contribution in [0, 0.1) is 0 Å². The van der Waals surface area contributed by atoms with Gasteiger partial charge in [-0.15, -0.1) is 0 Å². The number of para-hydroxylation sites is 2. The number of fused-ring (bicyclic) bond motifs is 1. The summed E-state index contributed by atoms with van der Waals surface area (Å²) >= 11 is 0. The fraction of sp³-hybridized carbons (Fsp3) is 0.238. The SMILES string of the molecule is COc1cc(/C=C/C(=O)O)ccc1OCC(=O)NC[C@H]1COc2ccccc2O1. The van der Waals surface area contributed by atoms with Crippen molar-refractivity contribution in [2.75, 3.05) is 26.9 Å². The highest BCUT2D eigenvalue weighted by atomic mass is 16.6. The molecular formula is C21H21NO7. The van der Waals surface area contributed by atoms with E-state index in [9.17, 15) is 9.59 Å². The van der Waals surface area contributed by atoms with Gasteiger partial charge in [0.1, 0.15) is 12.7 Å². The molecule has 0 saturated carbocycles. The summed E-state index contributed by atoms with van der Waals surface area (Å²) in [6.07, 6.45) is 2.17. The smallest absolute Gasteiger partial charge is 0.328 e. The molecule has 29 heavy (non-hydrogen) atoms. The second-order valence-corrected chi connectivity index (χ2v) is 6.17. The molecule has 0 bridgehead atoms. The number of aliphatic carboxylic acids is 1. The minimum atomic E-state index is -1.04. The van der Waals surface area contributed by atoms with Crippen molar-refractivity contribution in [3.8, 4) is 23.0 Å². The lowest BCUT2D eigenvalue weighted by atomic mass is 10.2. The normalized spacial score (nSPS) is 15.0. The molecule has 2 N–H and O–H groups in total. The van der Waals surface area contributed by atoms with Gasteiger partial charge in [-0.05, 0) is 35.9 Å².